The Bertz CT molecular complexity index is 728. The van der Waals surface area contributed by atoms with Crippen molar-refractivity contribution in [2.24, 2.45) is 0 Å². The molecule has 0 aliphatic carbocycles. The Morgan fingerprint density at radius 2 is 2.19 bits per heavy atom. The standard InChI is InChI=1S/C13H15ClN2O4S/c1-9-8-15-13(20-9)5-6-16-21(17,18)12-7-10(14)3-4-11(12)19-2/h3-4,7-8,16H,5-6H2,1-2H3. The monoisotopic (exact) mass is 330 g/mol. The van der Waals surface area contributed by atoms with Crippen LogP contribution < -0.4 is 9.46 Å². The first-order valence-electron chi connectivity index (χ1n) is 6.17. The number of aryl methyl sites for hydroxylation is 1. The van der Waals surface area contributed by atoms with Crippen LogP contribution in [-0.2, 0) is 16.4 Å². The van der Waals surface area contributed by atoms with Gasteiger partial charge in [-0.15, -0.1) is 0 Å². The molecule has 0 spiro atoms. The Hall–Kier alpha value is -1.57. The first kappa shape index (κ1) is 15.8. The van der Waals surface area contributed by atoms with Crippen LogP contribution in [0, 0.1) is 6.92 Å². The number of nitrogens with zero attached hydrogens (tertiary/aromatic N) is 1. The molecule has 0 atom stereocenters. The number of halogens is 1. The molecular formula is C13H15ClN2O4S. The molecule has 0 saturated carbocycles. The summed E-state index contributed by atoms with van der Waals surface area (Å²) in [5, 5.41) is 0.319. The molecule has 114 valence electrons. The van der Waals surface area contributed by atoms with Gasteiger partial charge in [-0.3, -0.25) is 0 Å². The average molecular weight is 331 g/mol. The number of oxazole rings is 1. The van der Waals surface area contributed by atoms with E-state index in [1.165, 1.54) is 19.2 Å². The van der Waals surface area contributed by atoms with E-state index >= 15 is 0 Å². The second kappa shape index (κ2) is 6.46. The Labute approximate surface area is 128 Å². The van der Waals surface area contributed by atoms with Gasteiger partial charge in [-0.2, -0.15) is 0 Å². The molecule has 1 heterocycles. The van der Waals surface area contributed by atoms with E-state index < -0.39 is 10.0 Å². The minimum atomic E-state index is -3.72. The summed E-state index contributed by atoms with van der Waals surface area (Å²) in [6.07, 6.45) is 1.94. The van der Waals surface area contributed by atoms with Crippen molar-refractivity contribution in [3.8, 4) is 5.75 Å². The van der Waals surface area contributed by atoms with Crippen LogP contribution in [-0.4, -0.2) is 27.1 Å². The van der Waals surface area contributed by atoms with Crippen LogP contribution in [0.5, 0.6) is 5.75 Å². The molecule has 1 aromatic heterocycles. The van der Waals surface area contributed by atoms with Crippen LogP contribution in [0.25, 0.3) is 0 Å². The summed E-state index contributed by atoms with van der Waals surface area (Å²) in [7, 11) is -2.32. The number of rotatable bonds is 6. The molecule has 0 bridgehead atoms. The summed E-state index contributed by atoms with van der Waals surface area (Å²) in [6.45, 7) is 1.94. The van der Waals surface area contributed by atoms with Gasteiger partial charge in [0.2, 0.25) is 10.0 Å². The topological polar surface area (TPSA) is 81.4 Å². The highest BCUT2D eigenvalue weighted by Gasteiger charge is 2.19. The molecule has 21 heavy (non-hydrogen) atoms. The summed E-state index contributed by atoms with van der Waals surface area (Å²) < 4.78 is 37.3. The highest BCUT2D eigenvalue weighted by molar-refractivity contribution is 7.89. The third kappa shape index (κ3) is 3.96. The number of hydrogen-bond donors (Lipinski definition) is 1. The highest BCUT2D eigenvalue weighted by Crippen LogP contribution is 2.26. The van der Waals surface area contributed by atoms with E-state index in [9.17, 15) is 8.42 Å². The maximum absolute atomic E-state index is 12.3. The van der Waals surface area contributed by atoms with Gasteiger partial charge in [0.25, 0.3) is 0 Å². The van der Waals surface area contributed by atoms with Crippen LogP contribution in [0.3, 0.4) is 0 Å². The minimum Gasteiger partial charge on any atom is -0.495 e. The zero-order chi connectivity index (χ0) is 15.5. The predicted octanol–water partition coefficient (Wildman–Crippen LogP) is 2.17. The number of aromatic nitrogens is 1. The molecule has 1 aromatic carbocycles. The summed E-state index contributed by atoms with van der Waals surface area (Å²) >= 11 is 5.84. The Balaban J connectivity index is 2.09. The molecule has 1 N–H and O–H groups in total. The highest BCUT2D eigenvalue weighted by atomic mass is 35.5. The second-order valence-electron chi connectivity index (χ2n) is 4.31. The molecule has 0 aliphatic heterocycles. The molecule has 8 heteroatoms. The van der Waals surface area contributed by atoms with Crippen molar-refractivity contribution in [1.82, 2.24) is 9.71 Å². The first-order chi connectivity index (χ1) is 9.92. The van der Waals surface area contributed by atoms with Crippen LogP contribution in [0.2, 0.25) is 5.02 Å². The van der Waals surface area contributed by atoms with Crippen molar-refractivity contribution in [2.75, 3.05) is 13.7 Å². The van der Waals surface area contributed by atoms with Gasteiger partial charge in [-0.05, 0) is 25.1 Å². The van der Waals surface area contributed by atoms with Crippen molar-refractivity contribution in [1.29, 1.82) is 0 Å². The molecule has 2 aromatic rings. The van der Waals surface area contributed by atoms with Crippen molar-refractivity contribution in [3.05, 3.63) is 41.1 Å². The lowest BCUT2D eigenvalue weighted by Gasteiger charge is -2.10. The van der Waals surface area contributed by atoms with E-state index in [1.54, 1.807) is 19.2 Å². The van der Waals surface area contributed by atoms with Gasteiger partial charge in [-0.25, -0.2) is 18.1 Å². The first-order valence-corrected chi connectivity index (χ1v) is 8.03. The van der Waals surface area contributed by atoms with Gasteiger partial charge in [-0.1, -0.05) is 11.6 Å². The second-order valence-corrected chi connectivity index (χ2v) is 6.48. The van der Waals surface area contributed by atoms with E-state index in [1.807, 2.05) is 0 Å². The summed E-state index contributed by atoms with van der Waals surface area (Å²) in [5.74, 6) is 1.40. The molecule has 0 fully saturated rings. The van der Waals surface area contributed by atoms with Gasteiger partial charge in [0.15, 0.2) is 5.89 Å². The fourth-order valence-corrected chi connectivity index (χ4v) is 3.21. The molecule has 0 radical (unpaired) electrons. The van der Waals surface area contributed by atoms with E-state index in [0.29, 0.717) is 23.1 Å². The Morgan fingerprint density at radius 1 is 1.43 bits per heavy atom. The molecule has 2 rings (SSSR count). The van der Waals surface area contributed by atoms with E-state index in [2.05, 4.69) is 9.71 Å². The third-order valence-corrected chi connectivity index (χ3v) is 4.43. The van der Waals surface area contributed by atoms with Crippen LogP contribution >= 0.6 is 11.6 Å². The Kier molecular flexibility index (Phi) is 4.87. The number of methoxy groups -OCH3 is 1. The smallest absolute Gasteiger partial charge is 0.244 e. The van der Waals surface area contributed by atoms with Gasteiger partial charge in [0, 0.05) is 18.0 Å². The van der Waals surface area contributed by atoms with Crippen LogP contribution in [0.15, 0.2) is 33.7 Å². The van der Waals surface area contributed by atoms with Crippen molar-refractivity contribution in [3.63, 3.8) is 0 Å². The molecule has 0 aliphatic rings. The molecular weight excluding hydrogens is 316 g/mol. The van der Waals surface area contributed by atoms with Gasteiger partial charge < -0.3 is 9.15 Å². The lowest BCUT2D eigenvalue weighted by Crippen LogP contribution is -2.26. The average Bonchev–Trinajstić information content (AvgIpc) is 2.84. The number of nitrogens with one attached hydrogen (secondary N) is 1. The normalized spacial score (nSPS) is 11.6. The van der Waals surface area contributed by atoms with Gasteiger partial charge >= 0.3 is 0 Å². The maximum Gasteiger partial charge on any atom is 0.244 e. The van der Waals surface area contributed by atoms with E-state index in [0.717, 1.165) is 0 Å². The van der Waals surface area contributed by atoms with Crippen LogP contribution in [0.4, 0.5) is 0 Å². The number of hydrogen-bond acceptors (Lipinski definition) is 5. The lowest BCUT2D eigenvalue weighted by atomic mass is 10.3. The summed E-state index contributed by atoms with van der Waals surface area (Å²) in [5.41, 5.74) is 0. The summed E-state index contributed by atoms with van der Waals surface area (Å²) in [4.78, 5) is 4.01. The summed E-state index contributed by atoms with van der Waals surface area (Å²) in [6, 6.07) is 4.42. The zero-order valence-electron chi connectivity index (χ0n) is 11.6. The number of sulfonamides is 1. The van der Waals surface area contributed by atoms with E-state index in [4.69, 9.17) is 20.8 Å². The maximum atomic E-state index is 12.3. The third-order valence-electron chi connectivity index (χ3n) is 2.72. The number of benzene rings is 1. The number of ether oxygens (including phenoxy) is 1. The largest absolute Gasteiger partial charge is 0.495 e. The van der Waals surface area contributed by atoms with Gasteiger partial charge in [0.05, 0.1) is 13.3 Å². The van der Waals surface area contributed by atoms with Crippen molar-refractivity contribution < 1.29 is 17.6 Å². The molecule has 0 amide bonds. The molecule has 0 saturated heterocycles. The minimum absolute atomic E-state index is 0.00100. The molecule has 6 nitrogen and oxygen atoms in total. The Morgan fingerprint density at radius 3 is 2.81 bits per heavy atom. The fourth-order valence-electron chi connectivity index (χ4n) is 1.75. The van der Waals surface area contributed by atoms with Crippen molar-refractivity contribution >= 4 is 21.6 Å². The van der Waals surface area contributed by atoms with E-state index in [-0.39, 0.29) is 17.2 Å². The molecule has 0 unspecified atom stereocenters. The van der Waals surface area contributed by atoms with Crippen molar-refractivity contribution in [2.45, 2.75) is 18.2 Å². The van der Waals surface area contributed by atoms with Crippen LogP contribution in [0.1, 0.15) is 11.7 Å². The lowest BCUT2D eigenvalue weighted by molar-refractivity contribution is 0.402. The quantitative estimate of drug-likeness (QED) is 0.877. The van der Waals surface area contributed by atoms with Gasteiger partial charge in [0.1, 0.15) is 16.4 Å². The zero-order valence-corrected chi connectivity index (χ0v) is 13.2. The predicted molar refractivity (Wildman–Crippen MR) is 78.1 cm³/mol. The fraction of sp³-hybridized carbons (Fsp3) is 0.308. The SMILES string of the molecule is COc1ccc(Cl)cc1S(=O)(=O)NCCc1ncc(C)o1.